The van der Waals surface area contributed by atoms with Crippen LogP contribution in [0.15, 0.2) is 35.3 Å². The first-order valence-corrected chi connectivity index (χ1v) is 4.87. The first-order valence-electron chi connectivity index (χ1n) is 3.19. The van der Waals surface area contributed by atoms with Crippen LogP contribution in [0.5, 0.6) is 0 Å². The third-order valence-corrected chi connectivity index (χ3v) is 2.27. The molecule has 0 heterocycles. The Kier molecular flexibility index (Phi) is 3.52. The summed E-state index contributed by atoms with van der Waals surface area (Å²) in [5, 5.41) is 0. The third-order valence-electron chi connectivity index (χ3n) is 1.16. The molecule has 58 valence electrons. The molecule has 0 unspecified atom stereocenters. The van der Waals surface area contributed by atoms with Gasteiger partial charge in [0.25, 0.3) is 0 Å². The van der Waals surface area contributed by atoms with Gasteiger partial charge in [-0.3, -0.25) is 0 Å². The molecule has 0 atom stereocenters. The molecule has 0 radical (unpaired) electrons. The minimum Gasteiger partial charge on any atom is -0.235 e. The minimum absolute atomic E-state index is 0.788. The highest BCUT2D eigenvalue weighted by Crippen LogP contribution is 2.14. The molecule has 1 nitrogen and oxygen atoms in total. The summed E-state index contributed by atoms with van der Waals surface area (Å²) in [7, 11) is 0. The monoisotopic (exact) mass is 183 g/mol. The number of benzene rings is 1. The van der Waals surface area contributed by atoms with Crippen LogP contribution in [0.2, 0.25) is 0 Å². The molecule has 0 saturated heterocycles. The first kappa shape index (κ1) is 8.68. The van der Waals surface area contributed by atoms with Gasteiger partial charge in [-0.1, -0.05) is 18.2 Å². The summed E-state index contributed by atoms with van der Waals surface area (Å²) in [5.41, 5.74) is 0.951. The van der Waals surface area contributed by atoms with Crippen LogP contribution >= 0.6 is 24.4 Å². The molecular weight excluding hydrogens is 174 g/mol. The van der Waals surface area contributed by atoms with Crippen LogP contribution < -0.4 is 0 Å². The Labute approximate surface area is 76.3 Å². The van der Waals surface area contributed by atoms with E-state index in [9.17, 15) is 0 Å². The Hall–Kier alpha value is -0.410. The highest BCUT2D eigenvalue weighted by molar-refractivity contribution is 8.32. The molecule has 0 spiro atoms. The van der Waals surface area contributed by atoms with Crippen molar-refractivity contribution in [2.24, 2.45) is 4.99 Å². The van der Waals surface area contributed by atoms with E-state index in [1.807, 2.05) is 36.6 Å². The van der Waals surface area contributed by atoms with Crippen molar-refractivity contribution in [1.82, 2.24) is 0 Å². The van der Waals surface area contributed by atoms with E-state index in [-0.39, 0.29) is 0 Å². The van der Waals surface area contributed by atoms with Gasteiger partial charge in [0.1, 0.15) is 4.38 Å². The molecule has 1 aromatic carbocycles. The standard InChI is InChI=1S/C8H9NS2/c1-11-8(10)9-7-5-3-2-4-6-7/h2-6H,1H3,(H,9,10). The molecule has 0 aliphatic heterocycles. The van der Waals surface area contributed by atoms with Crippen LogP contribution in [0.4, 0.5) is 5.69 Å². The Balaban J connectivity index is 2.79. The maximum Gasteiger partial charge on any atom is 0.127 e. The fraction of sp³-hybridized carbons (Fsp3) is 0.125. The summed E-state index contributed by atoms with van der Waals surface area (Å²) in [4.78, 5) is 4.22. The molecule has 0 aliphatic carbocycles. The van der Waals surface area contributed by atoms with Gasteiger partial charge in [-0.15, -0.1) is 24.4 Å². The zero-order valence-corrected chi connectivity index (χ0v) is 7.90. The van der Waals surface area contributed by atoms with Gasteiger partial charge in [0.05, 0.1) is 5.69 Å². The number of hydrogen-bond acceptors (Lipinski definition) is 2. The van der Waals surface area contributed by atoms with E-state index in [1.165, 1.54) is 11.8 Å². The van der Waals surface area contributed by atoms with E-state index < -0.39 is 0 Å². The maximum absolute atomic E-state index is 4.22. The average molecular weight is 183 g/mol. The number of hydrogen-bond donors (Lipinski definition) is 1. The van der Waals surface area contributed by atoms with Gasteiger partial charge in [0, 0.05) is 0 Å². The Morgan fingerprint density at radius 1 is 1.36 bits per heavy atom. The van der Waals surface area contributed by atoms with Crippen molar-refractivity contribution in [1.29, 1.82) is 0 Å². The second-order valence-corrected chi connectivity index (χ2v) is 3.46. The molecule has 0 saturated carbocycles. The van der Waals surface area contributed by atoms with E-state index in [4.69, 9.17) is 0 Å². The van der Waals surface area contributed by atoms with Crippen LogP contribution in [0.25, 0.3) is 0 Å². The summed E-state index contributed by atoms with van der Waals surface area (Å²) in [6.45, 7) is 0. The lowest BCUT2D eigenvalue weighted by molar-refractivity contribution is 1.55. The van der Waals surface area contributed by atoms with E-state index in [1.54, 1.807) is 0 Å². The number of para-hydroxylation sites is 1. The van der Waals surface area contributed by atoms with Crippen LogP contribution in [0.3, 0.4) is 0 Å². The van der Waals surface area contributed by atoms with Gasteiger partial charge in [-0.2, -0.15) is 0 Å². The zero-order chi connectivity index (χ0) is 8.10. The SMILES string of the molecule is CS/C(S)=N\c1ccccc1. The molecule has 0 fully saturated rings. The predicted octanol–water partition coefficient (Wildman–Crippen LogP) is 2.97. The van der Waals surface area contributed by atoms with Gasteiger partial charge in [0.2, 0.25) is 0 Å². The average Bonchev–Trinajstić information content (AvgIpc) is 2.06. The number of thiol groups is 1. The molecule has 0 aromatic heterocycles. The fourth-order valence-corrected chi connectivity index (χ4v) is 0.971. The van der Waals surface area contributed by atoms with Crippen molar-refractivity contribution in [2.45, 2.75) is 0 Å². The highest BCUT2D eigenvalue weighted by Gasteiger charge is 1.88. The summed E-state index contributed by atoms with van der Waals surface area (Å²) >= 11 is 5.69. The molecule has 0 N–H and O–H groups in total. The van der Waals surface area contributed by atoms with Crippen LogP contribution in [-0.2, 0) is 0 Å². The smallest absolute Gasteiger partial charge is 0.127 e. The van der Waals surface area contributed by atoms with E-state index >= 15 is 0 Å². The highest BCUT2D eigenvalue weighted by atomic mass is 32.2. The normalized spacial score (nSPS) is 11.6. The molecular formula is C8H9NS2. The third kappa shape index (κ3) is 2.99. The van der Waals surface area contributed by atoms with Gasteiger partial charge in [0.15, 0.2) is 0 Å². The summed E-state index contributed by atoms with van der Waals surface area (Å²) in [5.74, 6) is 0. The largest absolute Gasteiger partial charge is 0.235 e. The second kappa shape index (κ2) is 4.46. The minimum atomic E-state index is 0.788. The topological polar surface area (TPSA) is 12.4 Å². The summed E-state index contributed by atoms with van der Waals surface area (Å²) in [6.07, 6.45) is 1.95. The van der Waals surface area contributed by atoms with E-state index in [0.717, 1.165) is 10.1 Å². The predicted molar refractivity (Wildman–Crippen MR) is 56.0 cm³/mol. The maximum atomic E-state index is 4.22. The van der Waals surface area contributed by atoms with Crippen LogP contribution in [0, 0.1) is 0 Å². The fourth-order valence-electron chi connectivity index (χ4n) is 0.659. The Bertz CT molecular complexity index is 244. The zero-order valence-electron chi connectivity index (χ0n) is 6.19. The number of thioether (sulfide) groups is 1. The van der Waals surface area contributed by atoms with Crippen LogP contribution in [-0.4, -0.2) is 10.6 Å². The number of rotatable bonds is 1. The quantitative estimate of drug-likeness (QED) is 0.401. The molecule has 3 heteroatoms. The Morgan fingerprint density at radius 2 is 2.00 bits per heavy atom. The molecule has 0 bridgehead atoms. The summed E-state index contributed by atoms with van der Waals surface area (Å²) in [6, 6.07) is 9.79. The van der Waals surface area contributed by atoms with Gasteiger partial charge >= 0.3 is 0 Å². The van der Waals surface area contributed by atoms with E-state index in [0.29, 0.717) is 0 Å². The van der Waals surface area contributed by atoms with Crippen molar-refractivity contribution in [3.8, 4) is 0 Å². The lowest BCUT2D eigenvalue weighted by Crippen LogP contribution is -1.73. The van der Waals surface area contributed by atoms with E-state index in [2.05, 4.69) is 17.6 Å². The molecule has 1 rings (SSSR count). The lowest BCUT2D eigenvalue weighted by Gasteiger charge is -1.93. The van der Waals surface area contributed by atoms with Gasteiger partial charge in [-0.05, 0) is 18.4 Å². The van der Waals surface area contributed by atoms with Crippen molar-refractivity contribution in [3.05, 3.63) is 30.3 Å². The van der Waals surface area contributed by atoms with Crippen molar-refractivity contribution in [3.63, 3.8) is 0 Å². The molecule has 0 amide bonds. The van der Waals surface area contributed by atoms with Crippen LogP contribution in [0.1, 0.15) is 0 Å². The van der Waals surface area contributed by atoms with Crippen molar-refractivity contribution in [2.75, 3.05) is 6.26 Å². The first-order chi connectivity index (χ1) is 5.33. The Morgan fingerprint density at radius 3 is 2.55 bits per heavy atom. The van der Waals surface area contributed by atoms with Crippen molar-refractivity contribution < 1.29 is 0 Å². The van der Waals surface area contributed by atoms with Crippen molar-refractivity contribution >= 4 is 34.5 Å². The second-order valence-electron chi connectivity index (χ2n) is 1.93. The molecule has 0 aliphatic rings. The molecule has 1 aromatic rings. The summed E-state index contributed by atoms with van der Waals surface area (Å²) < 4.78 is 0.788. The number of nitrogens with zero attached hydrogens (tertiary/aromatic N) is 1. The van der Waals surface area contributed by atoms with Gasteiger partial charge < -0.3 is 0 Å². The van der Waals surface area contributed by atoms with Gasteiger partial charge in [-0.25, -0.2) is 4.99 Å². The molecule has 11 heavy (non-hydrogen) atoms. The lowest BCUT2D eigenvalue weighted by atomic mass is 10.3. The number of aliphatic imine (C=N–C) groups is 1.